The van der Waals surface area contributed by atoms with Gasteiger partial charge in [0.25, 0.3) is 0 Å². The van der Waals surface area contributed by atoms with E-state index < -0.39 is 40.8 Å². The second-order valence-corrected chi connectivity index (χ2v) is 5.05. The molecule has 0 aliphatic rings. The van der Waals surface area contributed by atoms with E-state index in [-0.39, 0.29) is 71.2 Å². The molecule has 0 aromatic heterocycles. The Labute approximate surface area is 157 Å². The van der Waals surface area contributed by atoms with Gasteiger partial charge in [0.05, 0.1) is 0 Å². The third-order valence-electron chi connectivity index (χ3n) is 0. The third kappa shape index (κ3) is 783. The molecule has 0 amide bonds. The third-order valence-corrected chi connectivity index (χ3v) is 0. The quantitative estimate of drug-likeness (QED) is 0.244. The van der Waals surface area contributed by atoms with Crippen LogP contribution in [0.2, 0.25) is 0 Å². The Morgan fingerprint density at radius 2 is 0.412 bits per heavy atom. The first kappa shape index (κ1) is 31.8. The zero-order chi connectivity index (χ0) is 13.5. The Morgan fingerprint density at radius 3 is 0.412 bits per heavy atom. The van der Waals surface area contributed by atoms with Crippen molar-refractivity contribution in [3.05, 3.63) is 0 Å². The van der Waals surface area contributed by atoms with Crippen molar-refractivity contribution in [3.8, 4) is 0 Å². The van der Waals surface area contributed by atoms with Crippen LogP contribution in [0.25, 0.3) is 0 Å². The average Bonchev–Trinajstić information content (AvgIpc) is 1.41. The molecule has 96 valence electrons. The van der Waals surface area contributed by atoms with Gasteiger partial charge in [0.1, 0.15) is 0 Å². The molecule has 0 aromatic rings. The fourth-order valence-corrected chi connectivity index (χ4v) is 0. The molecule has 0 aliphatic carbocycles. The number of hydrogen-bond acceptors (Lipinski definition) is 12. The van der Waals surface area contributed by atoms with Crippen LogP contribution in [0.1, 0.15) is 0 Å². The molecule has 0 aliphatic heterocycles. The molecule has 0 bridgehead atoms. The van der Waals surface area contributed by atoms with Gasteiger partial charge in [0, 0.05) is 0 Å². The first-order chi connectivity index (χ1) is 6.00. The van der Waals surface area contributed by atoms with Crippen molar-refractivity contribution >= 4 is 0 Å². The van der Waals surface area contributed by atoms with Crippen LogP contribution in [-0.4, -0.2) is 0 Å². The van der Waals surface area contributed by atoms with Crippen LogP contribution in [-0.2, 0) is 63.7 Å². The molecule has 0 saturated heterocycles. The van der Waals surface area contributed by atoms with Crippen LogP contribution in [0.5, 0.6) is 0 Å². The minimum absolute atomic E-state index is 0. The van der Waals surface area contributed by atoms with Crippen molar-refractivity contribution in [1.29, 1.82) is 0 Å². The van der Waals surface area contributed by atoms with Crippen LogP contribution in [0.3, 0.4) is 0 Å². The van der Waals surface area contributed by atoms with Crippen molar-refractivity contribution in [1.82, 2.24) is 0 Å². The molecule has 12 nitrogen and oxygen atoms in total. The molecule has 0 unspecified atom stereocenters. The fraction of sp³-hybridized carbons (Fsp3) is 0. The van der Waals surface area contributed by atoms with E-state index in [0.29, 0.717) is 0 Å². The molecule has 0 aromatic carbocycles. The van der Waals surface area contributed by atoms with Crippen LogP contribution in [0.4, 0.5) is 0 Å². The van der Waals surface area contributed by atoms with E-state index in [9.17, 15) is 0 Å². The van der Waals surface area contributed by atoms with Gasteiger partial charge >= 0.3 is 160 Å². The van der Waals surface area contributed by atoms with E-state index >= 15 is 0 Å². The zero-order valence-electron chi connectivity index (χ0n) is 7.28. The Balaban J connectivity index is -0.0000000400. The Kier molecular flexibility index (Phi) is 25.3. The van der Waals surface area contributed by atoms with Crippen molar-refractivity contribution in [2.45, 2.75) is 0 Å². The number of hydrogen-bond donors (Lipinski definition) is 0. The summed E-state index contributed by atoms with van der Waals surface area (Å²) in [4.78, 5) is 0. The second-order valence-electron chi connectivity index (χ2n) is 1.22. The van der Waals surface area contributed by atoms with Gasteiger partial charge in [0.2, 0.25) is 0 Å². The van der Waals surface area contributed by atoms with Crippen LogP contribution >= 0.6 is 0 Å². The van der Waals surface area contributed by atoms with E-state index in [1.54, 1.807) is 0 Å². The molecule has 17 heavy (non-hydrogen) atoms. The molecule has 0 spiro atoms. The predicted octanol–water partition coefficient (Wildman–Crippen LogP) is -7.85. The predicted molar refractivity (Wildman–Crippen MR) is 4.12 cm³/mol. The molecule has 0 radical (unpaired) electrons. The summed E-state index contributed by atoms with van der Waals surface area (Å²) in [6.45, 7) is 0. The van der Waals surface area contributed by atoms with Crippen LogP contribution < -0.4 is 24.9 Å². The van der Waals surface area contributed by atoms with E-state index in [0.717, 1.165) is 0 Å². The van der Waals surface area contributed by atoms with Crippen molar-refractivity contribution < 1.29 is 160 Å². The Morgan fingerprint density at radius 1 is 0.412 bits per heavy atom. The van der Waals surface area contributed by atoms with E-state index in [1.165, 1.54) is 0 Å². The van der Waals surface area contributed by atoms with Crippen molar-refractivity contribution in [2.24, 2.45) is 0 Å². The SMILES string of the molecule is [La+3].[La+3].[O]=[Cr](=[O])([O-])[O-].[O]=[Cr](=[O])([O-])[O-].[O]=[Cr](=[O])([O-])[O-]. The van der Waals surface area contributed by atoms with Gasteiger partial charge in [-0.15, -0.1) is 0 Å². The number of rotatable bonds is 0. The minimum atomic E-state index is -5.75. The molecule has 0 rings (SSSR count). The maximum atomic E-state index is 8.59. The Bertz CT molecular complexity index is 341. The first-order valence-electron chi connectivity index (χ1n) is 2.00. The van der Waals surface area contributed by atoms with Crippen molar-refractivity contribution in [2.75, 3.05) is 0 Å². The summed E-state index contributed by atoms with van der Waals surface area (Å²) < 4.78 is 103. The summed E-state index contributed by atoms with van der Waals surface area (Å²) >= 11 is -17.2. The average molecular weight is 626 g/mol. The maximum absolute atomic E-state index is 8.59. The summed E-state index contributed by atoms with van der Waals surface area (Å²) in [6, 6.07) is 0. The summed E-state index contributed by atoms with van der Waals surface area (Å²) in [5.74, 6) is 0. The fourth-order valence-electron chi connectivity index (χ4n) is 0. The standard InChI is InChI=1S/3Cr.2La.12O/q;;;2*+3;;;;;;;6*-1. The molecule has 0 atom stereocenters. The summed E-state index contributed by atoms with van der Waals surface area (Å²) in [5, 5.41) is 0. The zero-order valence-corrected chi connectivity index (χ0v) is 18.4. The van der Waals surface area contributed by atoms with Gasteiger partial charge in [-0.2, -0.15) is 0 Å². The van der Waals surface area contributed by atoms with Gasteiger partial charge in [-0.1, -0.05) is 0 Å². The van der Waals surface area contributed by atoms with Gasteiger partial charge in [-0.3, -0.25) is 0 Å². The topological polar surface area (TPSA) is 241 Å². The first-order valence-corrected chi connectivity index (χ1v) is 8.25. The second kappa shape index (κ2) is 13.5. The summed E-state index contributed by atoms with van der Waals surface area (Å²) in [5.41, 5.74) is 0. The van der Waals surface area contributed by atoms with Gasteiger partial charge < -0.3 is 0 Å². The van der Waals surface area contributed by atoms with E-state index in [2.05, 4.69) is 0 Å². The van der Waals surface area contributed by atoms with E-state index in [1.807, 2.05) is 0 Å². The molecule has 0 fully saturated rings. The molecule has 17 heteroatoms. The normalized spacial score (nSPS) is 10.2. The monoisotopic (exact) mass is 626 g/mol. The molecule has 0 saturated carbocycles. The van der Waals surface area contributed by atoms with Crippen molar-refractivity contribution in [3.63, 3.8) is 0 Å². The molecule has 0 heterocycles. The molecular weight excluding hydrogens is 626 g/mol. The van der Waals surface area contributed by atoms with Crippen LogP contribution in [0.15, 0.2) is 0 Å². The summed E-state index contributed by atoms with van der Waals surface area (Å²) in [7, 11) is 0. The van der Waals surface area contributed by atoms with Gasteiger partial charge in [0.15, 0.2) is 0 Å². The molecule has 0 N–H and O–H groups in total. The summed E-state index contributed by atoms with van der Waals surface area (Å²) in [6.07, 6.45) is 0. The van der Waals surface area contributed by atoms with Crippen LogP contribution in [0, 0.1) is 71.2 Å². The molecular formula is Cr3La2O12. The van der Waals surface area contributed by atoms with Gasteiger partial charge in [-0.25, -0.2) is 0 Å². The van der Waals surface area contributed by atoms with E-state index in [4.69, 9.17) is 47.8 Å². The van der Waals surface area contributed by atoms with Gasteiger partial charge in [-0.05, 0) is 0 Å². The Hall–Kier alpha value is 2.55.